The highest BCUT2D eigenvalue weighted by Crippen LogP contribution is 2.43. The summed E-state index contributed by atoms with van der Waals surface area (Å²) < 4.78 is 32.1. The van der Waals surface area contributed by atoms with Crippen molar-refractivity contribution in [2.75, 3.05) is 7.11 Å². The lowest BCUT2D eigenvalue weighted by Gasteiger charge is -2.19. The molecule has 7 nitrogen and oxygen atoms in total. The van der Waals surface area contributed by atoms with E-state index in [0.29, 0.717) is 10.5 Å². The molecular weight excluding hydrogens is 398 g/mol. The standard InChI is InChI=1S/C16H10ClN3O4S2/c1-24-15(21)10-7-13-12(8-11(10)17)25-16-19-18-14(20(16)26(13,22)23)9-5-3-2-4-6-9/h2-8H,1H3. The van der Waals surface area contributed by atoms with E-state index < -0.39 is 16.0 Å². The molecule has 132 valence electrons. The number of carbonyl (C=O) groups is 1. The number of halogens is 1. The third-order valence-electron chi connectivity index (χ3n) is 3.79. The van der Waals surface area contributed by atoms with Crippen LogP contribution in [0.15, 0.2) is 57.4 Å². The highest BCUT2D eigenvalue weighted by Gasteiger charge is 2.35. The largest absolute Gasteiger partial charge is 0.465 e. The molecule has 2 aromatic carbocycles. The molecule has 2 heterocycles. The average Bonchev–Trinajstić information content (AvgIpc) is 3.06. The van der Waals surface area contributed by atoms with Crippen LogP contribution in [-0.2, 0) is 14.8 Å². The summed E-state index contributed by atoms with van der Waals surface area (Å²) in [5.41, 5.74) is 0.593. The summed E-state index contributed by atoms with van der Waals surface area (Å²) in [6, 6.07) is 11.5. The minimum Gasteiger partial charge on any atom is -0.465 e. The predicted octanol–water partition coefficient (Wildman–Crippen LogP) is 3.09. The Hall–Kier alpha value is -2.36. The summed E-state index contributed by atoms with van der Waals surface area (Å²) in [5, 5.41) is 8.34. The van der Waals surface area contributed by atoms with Crippen LogP contribution in [0.3, 0.4) is 0 Å². The fourth-order valence-corrected chi connectivity index (χ4v) is 5.91. The summed E-state index contributed by atoms with van der Waals surface area (Å²) in [5.74, 6) is -0.510. The maximum absolute atomic E-state index is 13.2. The highest BCUT2D eigenvalue weighted by molar-refractivity contribution is 8.01. The lowest BCUT2D eigenvalue weighted by atomic mass is 10.2. The minimum absolute atomic E-state index is 0.0186. The molecule has 0 N–H and O–H groups in total. The van der Waals surface area contributed by atoms with Crippen LogP contribution >= 0.6 is 23.4 Å². The normalized spacial score (nSPS) is 14.4. The monoisotopic (exact) mass is 407 g/mol. The first-order valence-corrected chi connectivity index (χ1v) is 9.93. The molecule has 0 atom stereocenters. The van der Waals surface area contributed by atoms with Gasteiger partial charge in [-0.2, -0.15) is 3.97 Å². The van der Waals surface area contributed by atoms with Crippen molar-refractivity contribution >= 4 is 39.4 Å². The van der Waals surface area contributed by atoms with Crippen LogP contribution in [-0.4, -0.2) is 35.7 Å². The van der Waals surface area contributed by atoms with Gasteiger partial charge in [-0.15, -0.1) is 10.2 Å². The average molecular weight is 408 g/mol. The first-order chi connectivity index (χ1) is 12.4. The molecular formula is C16H10ClN3O4S2. The number of hydrogen-bond acceptors (Lipinski definition) is 7. The van der Waals surface area contributed by atoms with Crippen LogP contribution in [0.25, 0.3) is 11.4 Å². The number of ether oxygens (including phenoxy) is 1. The Morgan fingerprint density at radius 3 is 2.62 bits per heavy atom. The lowest BCUT2D eigenvalue weighted by molar-refractivity contribution is 0.0600. The number of carbonyl (C=O) groups excluding carboxylic acids is 1. The van der Waals surface area contributed by atoms with Gasteiger partial charge < -0.3 is 4.74 Å². The molecule has 10 heteroatoms. The molecule has 0 amide bonds. The molecule has 1 aliphatic rings. The van der Waals surface area contributed by atoms with Gasteiger partial charge in [-0.25, -0.2) is 13.2 Å². The van der Waals surface area contributed by atoms with E-state index >= 15 is 0 Å². The van der Waals surface area contributed by atoms with Crippen LogP contribution in [0.2, 0.25) is 5.02 Å². The number of rotatable bonds is 2. The van der Waals surface area contributed by atoms with Gasteiger partial charge in [0.25, 0.3) is 10.0 Å². The van der Waals surface area contributed by atoms with Crippen LogP contribution in [0.1, 0.15) is 10.4 Å². The third kappa shape index (κ3) is 2.51. The Balaban J connectivity index is 1.95. The Kier molecular flexibility index (Phi) is 4.02. The predicted molar refractivity (Wildman–Crippen MR) is 95.0 cm³/mol. The van der Waals surface area contributed by atoms with Gasteiger partial charge >= 0.3 is 5.97 Å². The van der Waals surface area contributed by atoms with Crippen LogP contribution in [0.5, 0.6) is 0 Å². The number of methoxy groups -OCH3 is 1. The maximum Gasteiger partial charge on any atom is 0.339 e. The number of fused-ring (bicyclic) bond motifs is 2. The second-order valence-corrected chi connectivity index (χ2v) is 8.49. The summed E-state index contributed by atoms with van der Waals surface area (Å²) >= 11 is 7.22. The molecule has 3 aromatic rings. The molecule has 1 aromatic heterocycles. The molecule has 0 spiro atoms. The van der Waals surface area contributed by atoms with E-state index in [2.05, 4.69) is 14.9 Å². The van der Waals surface area contributed by atoms with Gasteiger partial charge in [0.1, 0.15) is 4.90 Å². The van der Waals surface area contributed by atoms with E-state index in [4.69, 9.17) is 11.6 Å². The molecule has 0 saturated heterocycles. The van der Waals surface area contributed by atoms with E-state index in [0.717, 1.165) is 15.7 Å². The fourth-order valence-electron chi connectivity index (χ4n) is 2.58. The van der Waals surface area contributed by atoms with E-state index in [9.17, 15) is 13.2 Å². The zero-order valence-electron chi connectivity index (χ0n) is 13.2. The Bertz CT molecular complexity index is 1140. The molecule has 26 heavy (non-hydrogen) atoms. The van der Waals surface area contributed by atoms with Gasteiger partial charge in [-0.3, -0.25) is 0 Å². The lowest BCUT2D eigenvalue weighted by Crippen LogP contribution is -2.20. The molecule has 0 unspecified atom stereocenters. The molecule has 1 aliphatic heterocycles. The maximum atomic E-state index is 13.2. The molecule has 0 radical (unpaired) electrons. The summed E-state index contributed by atoms with van der Waals surface area (Å²) in [4.78, 5) is 12.2. The molecule has 0 fully saturated rings. The van der Waals surface area contributed by atoms with Gasteiger partial charge in [0.2, 0.25) is 5.16 Å². The number of benzene rings is 2. The van der Waals surface area contributed by atoms with E-state index in [1.54, 1.807) is 24.3 Å². The van der Waals surface area contributed by atoms with Crippen LogP contribution in [0, 0.1) is 0 Å². The first kappa shape index (κ1) is 17.1. The van der Waals surface area contributed by atoms with Crippen molar-refractivity contribution in [3.05, 3.63) is 53.1 Å². The van der Waals surface area contributed by atoms with E-state index in [1.165, 1.54) is 19.2 Å². The Labute approximate surface area is 158 Å². The zero-order chi connectivity index (χ0) is 18.5. The minimum atomic E-state index is -4.01. The Morgan fingerprint density at radius 1 is 1.19 bits per heavy atom. The van der Waals surface area contributed by atoms with E-state index in [1.807, 2.05) is 6.07 Å². The fraction of sp³-hybridized carbons (Fsp3) is 0.0625. The number of aromatic nitrogens is 3. The first-order valence-electron chi connectivity index (χ1n) is 7.29. The van der Waals surface area contributed by atoms with Crippen molar-refractivity contribution in [2.24, 2.45) is 0 Å². The zero-order valence-corrected chi connectivity index (χ0v) is 15.6. The van der Waals surface area contributed by atoms with Crippen LogP contribution in [0.4, 0.5) is 0 Å². The van der Waals surface area contributed by atoms with Crippen molar-refractivity contribution < 1.29 is 17.9 Å². The van der Waals surface area contributed by atoms with Crippen molar-refractivity contribution in [1.82, 2.24) is 14.2 Å². The van der Waals surface area contributed by atoms with Gasteiger partial charge in [0.05, 0.1) is 17.7 Å². The smallest absolute Gasteiger partial charge is 0.339 e. The molecule has 0 saturated carbocycles. The molecule has 0 aliphatic carbocycles. The van der Waals surface area contributed by atoms with Gasteiger partial charge in [-0.05, 0) is 23.9 Å². The number of nitrogens with zero attached hydrogens (tertiary/aromatic N) is 3. The van der Waals surface area contributed by atoms with Crippen LogP contribution < -0.4 is 0 Å². The second-order valence-electron chi connectivity index (χ2n) is 5.31. The van der Waals surface area contributed by atoms with E-state index in [-0.39, 0.29) is 26.5 Å². The van der Waals surface area contributed by atoms with Crippen molar-refractivity contribution in [3.8, 4) is 11.4 Å². The van der Waals surface area contributed by atoms with Gasteiger partial charge in [0.15, 0.2) is 5.82 Å². The summed E-state index contributed by atoms with van der Waals surface area (Å²) in [6.45, 7) is 0. The number of hydrogen-bond donors (Lipinski definition) is 0. The van der Waals surface area contributed by atoms with Crippen molar-refractivity contribution in [2.45, 2.75) is 14.9 Å². The highest BCUT2D eigenvalue weighted by atomic mass is 35.5. The van der Waals surface area contributed by atoms with Gasteiger partial charge in [-0.1, -0.05) is 41.9 Å². The molecule has 0 bridgehead atoms. The van der Waals surface area contributed by atoms with Crippen molar-refractivity contribution in [1.29, 1.82) is 0 Å². The SMILES string of the molecule is COC(=O)c1cc2c(cc1Cl)Sc1nnc(-c3ccccc3)n1S2(=O)=O. The molecule has 4 rings (SSSR count). The van der Waals surface area contributed by atoms with Crippen molar-refractivity contribution in [3.63, 3.8) is 0 Å². The quantitative estimate of drug-likeness (QED) is 0.471. The third-order valence-corrected chi connectivity index (χ3v) is 7.07. The number of esters is 1. The van der Waals surface area contributed by atoms with Gasteiger partial charge in [0, 0.05) is 10.5 Å². The summed E-state index contributed by atoms with van der Waals surface area (Å²) in [6.07, 6.45) is 0. The topological polar surface area (TPSA) is 91.2 Å². The second kappa shape index (κ2) is 6.11. The summed E-state index contributed by atoms with van der Waals surface area (Å²) in [7, 11) is -2.81. The Morgan fingerprint density at radius 2 is 1.92 bits per heavy atom.